The zero-order valence-electron chi connectivity index (χ0n) is 10.9. The standard InChI is InChI=1S/C15H14ClFN2O/c1-9(10-2-5-12(17)6-3-10)19-14-8-11(15(18)20)4-7-13(14)16/h2-9,19H,1H3,(H2,18,20). The lowest BCUT2D eigenvalue weighted by Crippen LogP contribution is -2.12. The summed E-state index contributed by atoms with van der Waals surface area (Å²) in [6.07, 6.45) is 0. The predicted molar refractivity (Wildman–Crippen MR) is 78.4 cm³/mol. The van der Waals surface area contributed by atoms with Crippen molar-refractivity contribution in [2.75, 3.05) is 5.32 Å². The van der Waals surface area contributed by atoms with Gasteiger partial charge in [0.05, 0.1) is 10.7 Å². The van der Waals surface area contributed by atoms with Crippen molar-refractivity contribution < 1.29 is 9.18 Å². The van der Waals surface area contributed by atoms with Crippen LogP contribution >= 0.6 is 11.6 Å². The molecule has 3 nitrogen and oxygen atoms in total. The summed E-state index contributed by atoms with van der Waals surface area (Å²) < 4.78 is 12.9. The number of rotatable bonds is 4. The number of nitrogens with one attached hydrogen (secondary N) is 1. The highest BCUT2D eigenvalue weighted by Crippen LogP contribution is 2.27. The number of carbonyl (C=O) groups is 1. The topological polar surface area (TPSA) is 55.1 Å². The number of halogens is 2. The van der Waals surface area contributed by atoms with Crippen molar-refractivity contribution in [3.63, 3.8) is 0 Å². The first-order valence-electron chi connectivity index (χ1n) is 6.08. The van der Waals surface area contributed by atoms with Crippen molar-refractivity contribution in [2.45, 2.75) is 13.0 Å². The summed E-state index contributed by atoms with van der Waals surface area (Å²) >= 11 is 6.08. The van der Waals surface area contributed by atoms with Gasteiger partial charge in [0.2, 0.25) is 5.91 Å². The third kappa shape index (κ3) is 3.27. The molecule has 5 heteroatoms. The van der Waals surface area contributed by atoms with E-state index in [2.05, 4.69) is 5.32 Å². The molecule has 0 bridgehead atoms. The zero-order chi connectivity index (χ0) is 14.7. The Bertz CT molecular complexity index is 628. The van der Waals surface area contributed by atoms with E-state index < -0.39 is 5.91 Å². The third-order valence-corrected chi connectivity index (χ3v) is 3.32. The molecule has 20 heavy (non-hydrogen) atoms. The second kappa shape index (κ2) is 5.92. The highest BCUT2D eigenvalue weighted by molar-refractivity contribution is 6.33. The molecule has 0 spiro atoms. The maximum atomic E-state index is 12.9. The lowest BCUT2D eigenvalue weighted by atomic mass is 10.1. The molecule has 0 fully saturated rings. The first kappa shape index (κ1) is 14.3. The summed E-state index contributed by atoms with van der Waals surface area (Å²) in [6, 6.07) is 10.9. The molecular formula is C15H14ClFN2O. The fraction of sp³-hybridized carbons (Fsp3) is 0.133. The van der Waals surface area contributed by atoms with E-state index in [1.54, 1.807) is 30.3 Å². The fourth-order valence-corrected chi connectivity index (χ4v) is 2.03. The summed E-state index contributed by atoms with van der Waals surface area (Å²) in [5.41, 5.74) is 7.14. The van der Waals surface area contributed by atoms with E-state index in [4.69, 9.17) is 17.3 Å². The summed E-state index contributed by atoms with van der Waals surface area (Å²) in [6.45, 7) is 1.92. The van der Waals surface area contributed by atoms with Crippen LogP contribution < -0.4 is 11.1 Å². The lowest BCUT2D eigenvalue weighted by Gasteiger charge is -2.17. The van der Waals surface area contributed by atoms with Crippen LogP contribution in [0.3, 0.4) is 0 Å². The van der Waals surface area contributed by atoms with Gasteiger partial charge < -0.3 is 11.1 Å². The van der Waals surface area contributed by atoms with Gasteiger partial charge in [-0.15, -0.1) is 0 Å². The van der Waals surface area contributed by atoms with Gasteiger partial charge in [-0.2, -0.15) is 0 Å². The summed E-state index contributed by atoms with van der Waals surface area (Å²) in [7, 11) is 0. The number of nitrogens with two attached hydrogens (primary N) is 1. The van der Waals surface area contributed by atoms with Crippen LogP contribution in [-0.2, 0) is 0 Å². The molecule has 2 aromatic carbocycles. The van der Waals surface area contributed by atoms with E-state index in [9.17, 15) is 9.18 Å². The highest BCUT2D eigenvalue weighted by atomic mass is 35.5. The van der Waals surface area contributed by atoms with Gasteiger partial charge >= 0.3 is 0 Å². The van der Waals surface area contributed by atoms with Crippen molar-refractivity contribution in [3.8, 4) is 0 Å². The Morgan fingerprint density at radius 1 is 1.25 bits per heavy atom. The quantitative estimate of drug-likeness (QED) is 0.901. The van der Waals surface area contributed by atoms with Gasteiger partial charge in [0, 0.05) is 11.6 Å². The number of anilines is 1. The van der Waals surface area contributed by atoms with Gasteiger partial charge in [-0.1, -0.05) is 23.7 Å². The Hall–Kier alpha value is -2.07. The number of carbonyl (C=O) groups excluding carboxylic acids is 1. The molecule has 0 heterocycles. The maximum Gasteiger partial charge on any atom is 0.248 e. The Labute approximate surface area is 121 Å². The molecule has 0 aromatic heterocycles. The number of hydrogen-bond acceptors (Lipinski definition) is 2. The average Bonchev–Trinajstić information content (AvgIpc) is 2.41. The minimum absolute atomic E-state index is 0.0868. The van der Waals surface area contributed by atoms with Gasteiger partial charge in [-0.3, -0.25) is 4.79 Å². The van der Waals surface area contributed by atoms with Crippen LogP contribution in [0, 0.1) is 5.82 Å². The molecule has 0 aliphatic carbocycles. The number of primary amides is 1. The van der Waals surface area contributed by atoms with E-state index in [0.717, 1.165) is 5.56 Å². The minimum atomic E-state index is -0.515. The van der Waals surface area contributed by atoms with Crippen molar-refractivity contribution >= 4 is 23.2 Å². The van der Waals surface area contributed by atoms with Crippen LogP contribution in [0.15, 0.2) is 42.5 Å². The van der Waals surface area contributed by atoms with Gasteiger partial charge in [0.25, 0.3) is 0 Å². The SMILES string of the molecule is CC(Nc1cc(C(N)=O)ccc1Cl)c1ccc(F)cc1. The molecule has 0 saturated carbocycles. The largest absolute Gasteiger partial charge is 0.377 e. The first-order chi connectivity index (χ1) is 9.47. The van der Waals surface area contributed by atoms with Crippen LogP contribution in [0.5, 0.6) is 0 Å². The zero-order valence-corrected chi connectivity index (χ0v) is 11.6. The molecule has 3 N–H and O–H groups in total. The average molecular weight is 293 g/mol. The molecular weight excluding hydrogens is 279 g/mol. The van der Waals surface area contributed by atoms with Crippen LogP contribution in [-0.4, -0.2) is 5.91 Å². The monoisotopic (exact) mass is 292 g/mol. The molecule has 1 atom stereocenters. The third-order valence-electron chi connectivity index (χ3n) is 2.99. The summed E-state index contributed by atoms with van der Waals surface area (Å²) in [5.74, 6) is -0.797. The van der Waals surface area contributed by atoms with Crippen molar-refractivity contribution in [3.05, 3.63) is 64.4 Å². The van der Waals surface area contributed by atoms with E-state index in [1.807, 2.05) is 6.92 Å². The number of amides is 1. The molecule has 0 aliphatic heterocycles. The Morgan fingerprint density at radius 3 is 2.50 bits per heavy atom. The second-order valence-corrected chi connectivity index (χ2v) is 4.88. The van der Waals surface area contributed by atoms with Gasteiger partial charge in [0.1, 0.15) is 5.82 Å². The normalized spacial score (nSPS) is 11.9. The number of benzene rings is 2. The minimum Gasteiger partial charge on any atom is -0.377 e. The van der Waals surface area contributed by atoms with Gasteiger partial charge in [-0.05, 0) is 42.8 Å². The summed E-state index contributed by atoms with van der Waals surface area (Å²) in [4.78, 5) is 11.2. The van der Waals surface area contributed by atoms with Crippen molar-refractivity contribution in [1.29, 1.82) is 0 Å². The summed E-state index contributed by atoms with van der Waals surface area (Å²) in [5, 5.41) is 3.67. The molecule has 0 saturated heterocycles. The number of hydrogen-bond donors (Lipinski definition) is 2. The van der Waals surface area contributed by atoms with Crippen LogP contribution in [0.4, 0.5) is 10.1 Å². The predicted octanol–water partition coefficient (Wildman–Crippen LogP) is 3.75. The smallest absolute Gasteiger partial charge is 0.248 e. The lowest BCUT2D eigenvalue weighted by molar-refractivity contribution is 0.100. The molecule has 0 aliphatic rings. The Morgan fingerprint density at radius 2 is 1.90 bits per heavy atom. The molecule has 1 unspecified atom stereocenters. The van der Waals surface area contributed by atoms with E-state index in [0.29, 0.717) is 16.3 Å². The van der Waals surface area contributed by atoms with Gasteiger partial charge in [0.15, 0.2) is 0 Å². The van der Waals surface area contributed by atoms with Crippen molar-refractivity contribution in [2.24, 2.45) is 5.73 Å². The molecule has 1 amide bonds. The first-order valence-corrected chi connectivity index (χ1v) is 6.46. The second-order valence-electron chi connectivity index (χ2n) is 4.48. The highest BCUT2D eigenvalue weighted by Gasteiger charge is 2.10. The van der Waals surface area contributed by atoms with E-state index in [-0.39, 0.29) is 11.9 Å². The van der Waals surface area contributed by atoms with Gasteiger partial charge in [-0.25, -0.2) is 4.39 Å². The van der Waals surface area contributed by atoms with E-state index >= 15 is 0 Å². The maximum absolute atomic E-state index is 12.9. The molecule has 2 aromatic rings. The Kier molecular flexibility index (Phi) is 4.25. The Balaban J connectivity index is 2.22. The molecule has 0 radical (unpaired) electrons. The van der Waals surface area contributed by atoms with Crippen molar-refractivity contribution in [1.82, 2.24) is 0 Å². The fourth-order valence-electron chi connectivity index (χ4n) is 1.86. The van der Waals surface area contributed by atoms with Crippen LogP contribution in [0.25, 0.3) is 0 Å². The van der Waals surface area contributed by atoms with Crippen LogP contribution in [0.2, 0.25) is 5.02 Å². The molecule has 104 valence electrons. The molecule has 2 rings (SSSR count). The van der Waals surface area contributed by atoms with Crippen LogP contribution in [0.1, 0.15) is 28.9 Å². The van der Waals surface area contributed by atoms with E-state index in [1.165, 1.54) is 12.1 Å².